The summed E-state index contributed by atoms with van der Waals surface area (Å²) in [5, 5.41) is 15.1. The summed E-state index contributed by atoms with van der Waals surface area (Å²) >= 11 is 0. The van der Waals surface area contributed by atoms with Gasteiger partial charge in [0.25, 0.3) is 0 Å². The van der Waals surface area contributed by atoms with Gasteiger partial charge in [0.05, 0.1) is 6.26 Å². The minimum absolute atomic E-state index is 0.197. The quantitative estimate of drug-likeness (QED) is 0.202. The van der Waals surface area contributed by atoms with E-state index >= 15 is 0 Å². The third-order valence-corrected chi connectivity index (χ3v) is 6.98. The fraction of sp³-hybridized carbons (Fsp3) is 0.591. The van der Waals surface area contributed by atoms with Crippen LogP contribution in [0.5, 0.6) is 0 Å². The molecule has 3 rings (SSSR count). The number of nitrogens with one attached hydrogen (secondary N) is 3. The smallest absolute Gasteiger partial charge is 0.242 e. The Balaban J connectivity index is 1.58. The zero-order chi connectivity index (χ0) is 24.6. The molecule has 2 amide bonds. The van der Waals surface area contributed by atoms with Crippen LogP contribution in [0.3, 0.4) is 0 Å². The maximum absolute atomic E-state index is 13.3. The second kappa shape index (κ2) is 12.1. The van der Waals surface area contributed by atoms with E-state index in [2.05, 4.69) is 15.1 Å². The summed E-state index contributed by atoms with van der Waals surface area (Å²) in [5.41, 5.74) is 2.58. The fourth-order valence-electron chi connectivity index (χ4n) is 4.53. The molecule has 2 aliphatic heterocycles. The SMILES string of the molecule is CS(=O)(=O)N[C@H](Cc1ccccc1)C(=O)N1CCC[C@H]1C(=O)NCC1CCN(C=NNO)CC1. The molecule has 2 heterocycles. The minimum atomic E-state index is -3.62. The molecule has 0 radical (unpaired) electrons. The van der Waals surface area contributed by atoms with Crippen molar-refractivity contribution in [1.29, 1.82) is 0 Å². The van der Waals surface area contributed by atoms with Crippen molar-refractivity contribution in [2.75, 3.05) is 32.4 Å². The van der Waals surface area contributed by atoms with E-state index in [1.54, 1.807) is 11.9 Å². The molecular weight excluding hydrogens is 460 g/mol. The molecular formula is C22H34N6O5S. The number of rotatable bonds is 10. The lowest BCUT2D eigenvalue weighted by atomic mass is 9.97. The average molecular weight is 495 g/mol. The normalized spacial score (nSPS) is 20.5. The molecule has 4 N–H and O–H groups in total. The Hall–Kier alpha value is -2.70. The van der Waals surface area contributed by atoms with Gasteiger partial charge in [-0.1, -0.05) is 30.3 Å². The van der Waals surface area contributed by atoms with Gasteiger partial charge in [-0.05, 0) is 43.6 Å². The highest BCUT2D eigenvalue weighted by Crippen LogP contribution is 2.21. The molecule has 0 unspecified atom stereocenters. The number of hydrogen-bond acceptors (Lipinski definition) is 7. The van der Waals surface area contributed by atoms with Crippen LogP contribution >= 0.6 is 0 Å². The second-order valence-electron chi connectivity index (χ2n) is 8.89. The highest BCUT2D eigenvalue weighted by atomic mass is 32.2. The summed E-state index contributed by atoms with van der Waals surface area (Å²) in [6.45, 7) is 2.50. The van der Waals surface area contributed by atoms with E-state index in [-0.39, 0.29) is 18.2 Å². The van der Waals surface area contributed by atoms with Gasteiger partial charge in [-0.3, -0.25) is 14.8 Å². The van der Waals surface area contributed by atoms with Crippen molar-refractivity contribution >= 4 is 28.2 Å². The number of amides is 2. The molecule has 0 bridgehead atoms. The number of carbonyl (C=O) groups is 2. The summed E-state index contributed by atoms with van der Waals surface area (Å²) in [5.74, 6) is -0.256. The molecule has 12 heteroatoms. The maximum atomic E-state index is 13.3. The lowest BCUT2D eigenvalue weighted by molar-refractivity contribution is -0.139. The van der Waals surface area contributed by atoms with E-state index in [1.807, 2.05) is 35.2 Å². The Kier molecular flexibility index (Phi) is 9.25. The van der Waals surface area contributed by atoms with Gasteiger partial charge in [-0.25, -0.2) is 13.1 Å². The van der Waals surface area contributed by atoms with Crippen LogP contribution in [-0.4, -0.2) is 86.1 Å². The first kappa shape index (κ1) is 25.9. The van der Waals surface area contributed by atoms with Crippen molar-refractivity contribution in [3.8, 4) is 0 Å². The lowest BCUT2D eigenvalue weighted by Crippen LogP contribution is -2.54. The minimum Gasteiger partial charge on any atom is -0.361 e. The third kappa shape index (κ3) is 7.67. The zero-order valence-corrected chi connectivity index (χ0v) is 20.2. The summed E-state index contributed by atoms with van der Waals surface area (Å²) in [7, 11) is -3.62. The second-order valence-corrected chi connectivity index (χ2v) is 10.7. The topological polar surface area (TPSA) is 143 Å². The first-order valence-electron chi connectivity index (χ1n) is 11.5. The van der Waals surface area contributed by atoms with Crippen molar-refractivity contribution < 1.29 is 23.2 Å². The van der Waals surface area contributed by atoms with Gasteiger partial charge in [-0.15, -0.1) is 5.10 Å². The Bertz CT molecular complexity index is 950. The van der Waals surface area contributed by atoms with Crippen molar-refractivity contribution in [2.24, 2.45) is 11.0 Å². The van der Waals surface area contributed by atoms with Crippen molar-refractivity contribution in [3.05, 3.63) is 35.9 Å². The summed E-state index contributed by atoms with van der Waals surface area (Å²) in [4.78, 5) is 29.8. The van der Waals surface area contributed by atoms with Gasteiger partial charge >= 0.3 is 0 Å². The van der Waals surface area contributed by atoms with Gasteiger partial charge in [0, 0.05) is 26.2 Å². The molecule has 1 aromatic carbocycles. The van der Waals surface area contributed by atoms with Crippen LogP contribution in [0.15, 0.2) is 35.4 Å². The standard InChI is InChI=1S/C22H34N6O5S/c1-34(32,33)25-19(14-17-6-3-2-4-7-17)22(30)28-11-5-8-20(28)21(29)23-15-18-9-12-27(13-10-18)16-24-26-31/h2-4,6-7,16,18-20,25-26,31H,5,8-15H2,1H3,(H,23,29)/t19-,20+/m1/s1. The molecule has 34 heavy (non-hydrogen) atoms. The molecule has 11 nitrogen and oxygen atoms in total. The van der Waals surface area contributed by atoms with Crippen LogP contribution in [-0.2, 0) is 26.0 Å². The number of benzene rings is 1. The lowest BCUT2D eigenvalue weighted by Gasteiger charge is -2.31. The Morgan fingerprint density at radius 3 is 2.53 bits per heavy atom. The Labute approximate surface area is 200 Å². The van der Waals surface area contributed by atoms with Gasteiger partial charge in [0.2, 0.25) is 21.8 Å². The van der Waals surface area contributed by atoms with Crippen molar-refractivity contribution in [2.45, 2.75) is 44.2 Å². The van der Waals surface area contributed by atoms with E-state index in [1.165, 1.54) is 4.90 Å². The predicted octanol–water partition coefficient (Wildman–Crippen LogP) is -0.112. The Morgan fingerprint density at radius 1 is 1.18 bits per heavy atom. The van der Waals surface area contributed by atoms with E-state index in [0.29, 0.717) is 31.8 Å². The van der Waals surface area contributed by atoms with Crippen LogP contribution in [0.2, 0.25) is 0 Å². The summed E-state index contributed by atoms with van der Waals surface area (Å²) < 4.78 is 26.3. The fourth-order valence-corrected chi connectivity index (χ4v) is 5.23. The largest absolute Gasteiger partial charge is 0.361 e. The number of carbonyl (C=O) groups excluding carboxylic acids is 2. The van der Waals surface area contributed by atoms with Gasteiger partial charge in [0.1, 0.15) is 18.4 Å². The molecule has 2 atom stereocenters. The molecule has 0 aromatic heterocycles. The molecule has 2 saturated heterocycles. The van der Waals surface area contributed by atoms with Gasteiger partial charge in [-0.2, -0.15) is 5.59 Å². The molecule has 2 aliphatic rings. The number of hydrazone groups is 1. The van der Waals surface area contributed by atoms with Crippen LogP contribution in [0.4, 0.5) is 0 Å². The summed E-state index contributed by atoms with van der Waals surface area (Å²) in [6, 6.07) is 7.65. The summed E-state index contributed by atoms with van der Waals surface area (Å²) in [6.07, 6.45) is 5.79. The van der Waals surface area contributed by atoms with Crippen LogP contribution in [0.25, 0.3) is 0 Å². The van der Waals surface area contributed by atoms with Crippen LogP contribution < -0.4 is 15.6 Å². The van der Waals surface area contributed by atoms with Crippen LogP contribution in [0.1, 0.15) is 31.2 Å². The molecule has 0 saturated carbocycles. The monoisotopic (exact) mass is 494 g/mol. The first-order chi connectivity index (χ1) is 16.3. The average Bonchev–Trinajstić information content (AvgIpc) is 3.31. The number of likely N-dealkylation sites (tertiary alicyclic amines) is 2. The zero-order valence-electron chi connectivity index (χ0n) is 19.4. The highest BCUT2D eigenvalue weighted by molar-refractivity contribution is 7.88. The van der Waals surface area contributed by atoms with E-state index < -0.39 is 22.1 Å². The Morgan fingerprint density at radius 2 is 1.88 bits per heavy atom. The molecule has 2 fully saturated rings. The number of hydrogen-bond donors (Lipinski definition) is 4. The number of nitrogens with zero attached hydrogens (tertiary/aromatic N) is 3. The highest BCUT2D eigenvalue weighted by Gasteiger charge is 2.38. The molecule has 1 aromatic rings. The van der Waals surface area contributed by atoms with E-state index in [4.69, 9.17) is 5.21 Å². The van der Waals surface area contributed by atoms with Gasteiger partial charge in [0.15, 0.2) is 0 Å². The van der Waals surface area contributed by atoms with Crippen LogP contribution in [0, 0.1) is 5.92 Å². The van der Waals surface area contributed by atoms with E-state index in [9.17, 15) is 18.0 Å². The maximum Gasteiger partial charge on any atom is 0.242 e. The molecule has 0 aliphatic carbocycles. The number of sulfonamides is 1. The number of piperidine rings is 1. The molecule has 188 valence electrons. The predicted molar refractivity (Wildman–Crippen MR) is 127 cm³/mol. The van der Waals surface area contributed by atoms with Gasteiger partial charge < -0.3 is 15.1 Å². The first-order valence-corrected chi connectivity index (χ1v) is 13.4. The van der Waals surface area contributed by atoms with Crippen molar-refractivity contribution in [3.63, 3.8) is 0 Å². The van der Waals surface area contributed by atoms with E-state index in [0.717, 1.165) is 37.8 Å². The third-order valence-electron chi connectivity index (χ3n) is 6.27. The molecule has 0 spiro atoms. The van der Waals surface area contributed by atoms with Crippen molar-refractivity contribution in [1.82, 2.24) is 25.4 Å².